The number of aryl methyl sites for hydroxylation is 1. The highest BCUT2D eigenvalue weighted by atomic mass is 32.2. The van der Waals surface area contributed by atoms with Crippen LogP contribution in [0, 0.1) is 0 Å². The SMILES string of the molecule is Cn1c(-c2ccc(N)s2)nc2cc(S(C)(=O)=O)ccc21. The number of thiophene rings is 1. The van der Waals surface area contributed by atoms with E-state index in [-0.39, 0.29) is 4.90 Å². The molecule has 3 rings (SSSR count). The molecule has 0 unspecified atom stereocenters. The van der Waals surface area contributed by atoms with Crippen molar-refractivity contribution in [2.24, 2.45) is 7.05 Å². The molecule has 0 aliphatic rings. The van der Waals surface area contributed by atoms with Crippen molar-refractivity contribution in [2.75, 3.05) is 12.0 Å². The molecule has 5 nitrogen and oxygen atoms in total. The van der Waals surface area contributed by atoms with Crippen LogP contribution in [0.4, 0.5) is 5.00 Å². The molecule has 2 heterocycles. The van der Waals surface area contributed by atoms with Gasteiger partial charge in [-0.1, -0.05) is 0 Å². The average Bonchev–Trinajstić information content (AvgIpc) is 2.92. The summed E-state index contributed by atoms with van der Waals surface area (Å²) in [5, 5.41) is 0.726. The van der Waals surface area contributed by atoms with Crippen LogP contribution in [0.15, 0.2) is 35.2 Å². The lowest BCUT2D eigenvalue weighted by atomic mass is 10.3. The van der Waals surface area contributed by atoms with Gasteiger partial charge >= 0.3 is 0 Å². The van der Waals surface area contributed by atoms with Crippen LogP contribution in [-0.2, 0) is 16.9 Å². The summed E-state index contributed by atoms with van der Waals surface area (Å²) < 4.78 is 25.1. The summed E-state index contributed by atoms with van der Waals surface area (Å²) in [4.78, 5) is 5.76. The van der Waals surface area contributed by atoms with Crippen molar-refractivity contribution < 1.29 is 8.42 Å². The molecule has 104 valence electrons. The Morgan fingerprint density at radius 3 is 2.60 bits per heavy atom. The van der Waals surface area contributed by atoms with Crippen molar-refractivity contribution in [1.82, 2.24) is 9.55 Å². The predicted octanol–water partition coefficient (Wildman–Crippen LogP) is 2.29. The van der Waals surface area contributed by atoms with Gasteiger partial charge < -0.3 is 10.3 Å². The fourth-order valence-corrected chi connectivity index (χ4v) is 3.54. The zero-order chi connectivity index (χ0) is 14.5. The molecule has 20 heavy (non-hydrogen) atoms. The van der Waals surface area contributed by atoms with Gasteiger partial charge in [0.2, 0.25) is 0 Å². The number of benzene rings is 1. The summed E-state index contributed by atoms with van der Waals surface area (Å²) in [6, 6.07) is 8.73. The first-order valence-corrected chi connectivity index (χ1v) is 8.59. The second kappa shape index (κ2) is 4.32. The maximum absolute atomic E-state index is 11.6. The number of imidazole rings is 1. The molecule has 2 N–H and O–H groups in total. The smallest absolute Gasteiger partial charge is 0.175 e. The van der Waals surface area contributed by atoms with Crippen LogP contribution >= 0.6 is 11.3 Å². The number of anilines is 1. The Balaban J connectivity index is 2.24. The molecule has 0 amide bonds. The summed E-state index contributed by atoms with van der Waals surface area (Å²) in [6.45, 7) is 0. The molecule has 0 saturated heterocycles. The molecule has 0 radical (unpaired) electrons. The molecular weight excluding hydrogens is 294 g/mol. The minimum Gasteiger partial charge on any atom is -0.391 e. The van der Waals surface area contributed by atoms with Gasteiger partial charge in [0.25, 0.3) is 0 Å². The van der Waals surface area contributed by atoms with E-state index in [0.717, 1.165) is 21.2 Å². The summed E-state index contributed by atoms with van der Waals surface area (Å²) in [5.41, 5.74) is 7.30. The predicted molar refractivity (Wildman–Crippen MR) is 81.5 cm³/mol. The van der Waals surface area contributed by atoms with E-state index in [4.69, 9.17) is 5.73 Å². The second-order valence-electron chi connectivity index (χ2n) is 4.62. The van der Waals surface area contributed by atoms with Crippen molar-refractivity contribution in [3.8, 4) is 10.7 Å². The van der Waals surface area contributed by atoms with Crippen LogP contribution < -0.4 is 5.73 Å². The number of fused-ring (bicyclic) bond motifs is 1. The van der Waals surface area contributed by atoms with E-state index in [1.54, 1.807) is 18.2 Å². The zero-order valence-corrected chi connectivity index (χ0v) is 12.6. The third-order valence-corrected chi connectivity index (χ3v) is 5.15. The molecular formula is C13H13N3O2S2. The molecule has 0 aliphatic heterocycles. The Morgan fingerprint density at radius 2 is 2.00 bits per heavy atom. The van der Waals surface area contributed by atoms with Crippen LogP contribution in [0.2, 0.25) is 0 Å². The Kier molecular flexibility index (Phi) is 2.84. The van der Waals surface area contributed by atoms with E-state index in [9.17, 15) is 8.42 Å². The van der Waals surface area contributed by atoms with Crippen LogP contribution in [0.25, 0.3) is 21.7 Å². The van der Waals surface area contributed by atoms with E-state index in [2.05, 4.69) is 4.98 Å². The molecule has 1 aromatic carbocycles. The van der Waals surface area contributed by atoms with E-state index in [1.807, 2.05) is 23.7 Å². The normalized spacial score (nSPS) is 12.1. The molecule has 0 spiro atoms. The van der Waals surface area contributed by atoms with Crippen molar-refractivity contribution in [2.45, 2.75) is 4.90 Å². The lowest BCUT2D eigenvalue weighted by molar-refractivity contribution is 0.602. The quantitative estimate of drug-likeness (QED) is 0.788. The van der Waals surface area contributed by atoms with Crippen LogP contribution in [0.1, 0.15) is 0 Å². The summed E-state index contributed by atoms with van der Waals surface area (Å²) in [6.07, 6.45) is 1.19. The van der Waals surface area contributed by atoms with Gasteiger partial charge in [-0.2, -0.15) is 0 Å². The summed E-state index contributed by atoms with van der Waals surface area (Å²) in [7, 11) is -1.32. The van der Waals surface area contributed by atoms with Gasteiger partial charge in [0.05, 0.1) is 25.8 Å². The summed E-state index contributed by atoms with van der Waals surface area (Å²) >= 11 is 1.46. The van der Waals surface area contributed by atoms with Gasteiger partial charge in [-0.3, -0.25) is 0 Å². The molecule has 0 fully saturated rings. The van der Waals surface area contributed by atoms with Crippen molar-refractivity contribution in [3.63, 3.8) is 0 Å². The number of sulfone groups is 1. The van der Waals surface area contributed by atoms with E-state index in [0.29, 0.717) is 5.52 Å². The largest absolute Gasteiger partial charge is 0.391 e. The van der Waals surface area contributed by atoms with Gasteiger partial charge in [-0.25, -0.2) is 13.4 Å². The molecule has 2 aromatic heterocycles. The van der Waals surface area contributed by atoms with Crippen molar-refractivity contribution in [3.05, 3.63) is 30.3 Å². The molecule has 0 aliphatic carbocycles. The number of aromatic nitrogens is 2. The molecule has 0 atom stereocenters. The maximum Gasteiger partial charge on any atom is 0.175 e. The van der Waals surface area contributed by atoms with Gasteiger partial charge in [0.15, 0.2) is 15.7 Å². The van der Waals surface area contributed by atoms with Gasteiger partial charge in [-0.15, -0.1) is 11.3 Å². The first-order valence-electron chi connectivity index (χ1n) is 5.88. The van der Waals surface area contributed by atoms with E-state index < -0.39 is 9.84 Å². The number of hydrogen-bond donors (Lipinski definition) is 1. The van der Waals surface area contributed by atoms with Gasteiger partial charge in [-0.05, 0) is 30.3 Å². The Bertz CT molecular complexity index is 907. The summed E-state index contributed by atoms with van der Waals surface area (Å²) in [5.74, 6) is 0.785. The fourth-order valence-electron chi connectivity index (χ4n) is 2.10. The van der Waals surface area contributed by atoms with Gasteiger partial charge in [0.1, 0.15) is 0 Å². The molecule has 7 heteroatoms. The topological polar surface area (TPSA) is 78.0 Å². The average molecular weight is 307 g/mol. The standard InChI is InChI=1S/C13H13N3O2S2/c1-16-10-4-3-8(20(2,17)18)7-9(10)15-13(16)11-5-6-12(14)19-11/h3-7H,14H2,1-2H3. The lowest BCUT2D eigenvalue weighted by Crippen LogP contribution is -1.96. The maximum atomic E-state index is 11.6. The van der Waals surface area contributed by atoms with E-state index in [1.165, 1.54) is 17.6 Å². The fraction of sp³-hybridized carbons (Fsp3) is 0.154. The van der Waals surface area contributed by atoms with Crippen molar-refractivity contribution in [1.29, 1.82) is 0 Å². The molecule has 0 bridgehead atoms. The van der Waals surface area contributed by atoms with Gasteiger partial charge in [0, 0.05) is 13.3 Å². The number of hydrogen-bond acceptors (Lipinski definition) is 5. The third kappa shape index (κ3) is 2.08. The lowest BCUT2D eigenvalue weighted by Gasteiger charge is -2.00. The highest BCUT2D eigenvalue weighted by Gasteiger charge is 2.14. The molecule has 3 aromatic rings. The monoisotopic (exact) mass is 307 g/mol. The first kappa shape index (κ1) is 13.1. The highest BCUT2D eigenvalue weighted by molar-refractivity contribution is 7.90. The first-order chi connectivity index (χ1) is 9.36. The number of rotatable bonds is 2. The third-order valence-electron chi connectivity index (χ3n) is 3.13. The Labute approximate surface area is 120 Å². The number of nitrogens with two attached hydrogens (primary N) is 1. The minimum atomic E-state index is -3.23. The zero-order valence-electron chi connectivity index (χ0n) is 11.0. The number of nitrogen functional groups attached to an aromatic ring is 1. The van der Waals surface area contributed by atoms with Crippen LogP contribution in [0.5, 0.6) is 0 Å². The Hall–Kier alpha value is -1.86. The second-order valence-corrected chi connectivity index (χ2v) is 7.75. The highest BCUT2D eigenvalue weighted by Crippen LogP contribution is 2.31. The van der Waals surface area contributed by atoms with Crippen LogP contribution in [-0.4, -0.2) is 24.2 Å². The van der Waals surface area contributed by atoms with Crippen LogP contribution in [0.3, 0.4) is 0 Å². The molecule has 0 saturated carbocycles. The van der Waals surface area contributed by atoms with E-state index >= 15 is 0 Å². The van der Waals surface area contributed by atoms with Crippen molar-refractivity contribution >= 4 is 37.2 Å². The Morgan fingerprint density at radius 1 is 1.25 bits per heavy atom. The minimum absolute atomic E-state index is 0.278. The number of nitrogens with zero attached hydrogens (tertiary/aromatic N) is 2.